The van der Waals surface area contributed by atoms with Crippen molar-refractivity contribution in [1.29, 1.82) is 0 Å². The minimum absolute atomic E-state index is 0.314. The average Bonchev–Trinajstić information content (AvgIpc) is 2.45. The number of hydrogen-bond donors (Lipinski definition) is 1. The Morgan fingerprint density at radius 2 is 1.95 bits per heavy atom. The molecule has 0 spiro atoms. The molecular formula is C15H14ClN2O3S-. The normalized spacial score (nSPS) is 11.8. The summed E-state index contributed by atoms with van der Waals surface area (Å²) in [7, 11) is 0. The van der Waals surface area contributed by atoms with Crippen LogP contribution in [0.4, 0.5) is 11.4 Å². The molecule has 0 saturated carbocycles. The van der Waals surface area contributed by atoms with Crippen LogP contribution in [0.2, 0.25) is 5.02 Å². The molecule has 0 bridgehead atoms. The summed E-state index contributed by atoms with van der Waals surface area (Å²) >= 11 is 3.29. The van der Waals surface area contributed by atoms with Gasteiger partial charge in [0.15, 0.2) is 0 Å². The monoisotopic (exact) mass is 337 g/mol. The van der Waals surface area contributed by atoms with E-state index in [1.807, 2.05) is 6.92 Å². The summed E-state index contributed by atoms with van der Waals surface area (Å²) < 4.78 is 23.7. The van der Waals surface area contributed by atoms with E-state index in [-0.39, 0.29) is 6.54 Å². The largest absolute Gasteiger partial charge is 0.755 e. The molecule has 7 heteroatoms. The Balaban J connectivity index is 2.09. The fraction of sp³-hybridized carbons (Fsp3) is 0.133. The molecule has 5 nitrogen and oxygen atoms in total. The molecule has 1 amide bonds. The van der Waals surface area contributed by atoms with Crippen LogP contribution < -0.4 is 9.62 Å². The van der Waals surface area contributed by atoms with Crippen molar-refractivity contribution in [3.05, 3.63) is 59.1 Å². The molecule has 1 atom stereocenters. The highest BCUT2D eigenvalue weighted by Crippen LogP contribution is 2.18. The van der Waals surface area contributed by atoms with Crippen molar-refractivity contribution in [1.82, 2.24) is 0 Å². The standard InChI is InChI=1S/C15H15ClN2O3S/c1-11-5-7-14(8-6-11)18(22(20)21)10-15(19)17-13-4-2-3-12(16)9-13/h2-9H,10H2,1H3,(H,17,19)(H,20,21)/p-1. The third-order valence-electron chi connectivity index (χ3n) is 2.90. The van der Waals surface area contributed by atoms with Crippen LogP contribution in [0.5, 0.6) is 0 Å². The fourth-order valence-electron chi connectivity index (χ4n) is 1.84. The Kier molecular flexibility index (Phi) is 5.54. The molecule has 22 heavy (non-hydrogen) atoms. The topological polar surface area (TPSA) is 72.5 Å². The zero-order valence-corrected chi connectivity index (χ0v) is 13.4. The minimum Gasteiger partial charge on any atom is -0.755 e. The highest BCUT2D eigenvalue weighted by atomic mass is 35.5. The molecule has 1 unspecified atom stereocenters. The average molecular weight is 338 g/mol. The molecular weight excluding hydrogens is 324 g/mol. The third kappa shape index (κ3) is 4.56. The van der Waals surface area contributed by atoms with Crippen LogP contribution in [0.1, 0.15) is 5.56 Å². The molecule has 0 fully saturated rings. The van der Waals surface area contributed by atoms with Gasteiger partial charge in [-0.3, -0.25) is 13.3 Å². The quantitative estimate of drug-likeness (QED) is 0.853. The number of aryl methyl sites for hydroxylation is 1. The molecule has 0 aliphatic heterocycles. The number of amides is 1. The number of nitrogens with zero attached hydrogens (tertiary/aromatic N) is 1. The Morgan fingerprint density at radius 1 is 1.27 bits per heavy atom. The molecule has 2 rings (SSSR count). The predicted octanol–water partition coefficient (Wildman–Crippen LogP) is 2.89. The summed E-state index contributed by atoms with van der Waals surface area (Å²) in [6.45, 7) is 1.58. The second kappa shape index (κ2) is 7.40. The van der Waals surface area contributed by atoms with E-state index in [4.69, 9.17) is 11.6 Å². The van der Waals surface area contributed by atoms with E-state index >= 15 is 0 Å². The number of halogens is 1. The molecule has 1 N–H and O–H groups in total. The second-order valence-corrected chi connectivity index (χ2v) is 5.96. The summed E-state index contributed by atoms with van der Waals surface area (Å²) in [5, 5.41) is 3.10. The zero-order chi connectivity index (χ0) is 16.1. The summed E-state index contributed by atoms with van der Waals surface area (Å²) in [5.41, 5.74) is 1.95. The highest BCUT2D eigenvalue weighted by molar-refractivity contribution is 7.80. The zero-order valence-electron chi connectivity index (χ0n) is 11.8. The maximum atomic E-state index is 12.0. The van der Waals surface area contributed by atoms with Crippen molar-refractivity contribution in [3.8, 4) is 0 Å². The van der Waals surface area contributed by atoms with Gasteiger partial charge in [-0.15, -0.1) is 0 Å². The van der Waals surface area contributed by atoms with E-state index in [2.05, 4.69) is 5.32 Å². The molecule has 0 radical (unpaired) electrons. The lowest BCUT2D eigenvalue weighted by Gasteiger charge is -2.25. The third-order valence-corrected chi connectivity index (χ3v) is 3.83. The van der Waals surface area contributed by atoms with Crippen molar-refractivity contribution >= 4 is 40.1 Å². The Morgan fingerprint density at radius 3 is 2.55 bits per heavy atom. The molecule has 0 aliphatic carbocycles. The van der Waals surface area contributed by atoms with E-state index in [0.29, 0.717) is 16.4 Å². The van der Waals surface area contributed by atoms with Crippen molar-refractivity contribution in [2.75, 3.05) is 16.2 Å². The van der Waals surface area contributed by atoms with Gasteiger partial charge in [0.2, 0.25) is 5.91 Å². The van der Waals surface area contributed by atoms with Crippen LogP contribution in [0.25, 0.3) is 0 Å². The van der Waals surface area contributed by atoms with E-state index in [1.165, 1.54) is 0 Å². The van der Waals surface area contributed by atoms with Crippen LogP contribution in [-0.4, -0.2) is 21.2 Å². The summed E-state index contributed by atoms with van der Waals surface area (Å²) in [5.74, 6) is -0.452. The van der Waals surface area contributed by atoms with E-state index in [9.17, 15) is 13.6 Å². The van der Waals surface area contributed by atoms with Crippen LogP contribution in [0.3, 0.4) is 0 Å². The first-order valence-electron chi connectivity index (χ1n) is 6.45. The van der Waals surface area contributed by atoms with Gasteiger partial charge in [-0.1, -0.05) is 35.4 Å². The first-order chi connectivity index (χ1) is 10.5. The number of nitrogens with one attached hydrogen (secondary N) is 1. The lowest BCUT2D eigenvalue weighted by Crippen LogP contribution is -2.34. The Bertz CT molecular complexity index is 691. The molecule has 2 aromatic carbocycles. The fourth-order valence-corrected chi connectivity index (χ4v) is 2.55. The minimum atomic E-state index is -2.55. The number of hydrogen-bond acceptors (Lipinski definition) is 3. The molecule has 116 valence electrons. The maximum absolute atomic E-state index is 12.0. The van der Waals surface area contributed by atoms with Gasteiger partial charge >= 0.3 is 0 Å². The van der Waals surface area contributed by atoms with E-state index < -0.39 is 17.2 Å². The van der Waals surface area contributed by atoms with Crippen LogP contribution in [-0.2, 0) is 16.1 Å². The molecule has 0 aliphatic rings. The molecule has 0 saturated heterocycles. The van der Waals surface area contributed by atoms with E-state index in [0.717, 1.165) is 9.87 Å². The molecule has 2 aromatic rings. The lowest BCUT2D eigenvalue weighted by molar-refractivity contribution is -0.114. The molecule has 0 heterocycles. The number of benzene rings is 2. The Hall–Kier alpha value is -1.89. The van der Waals surface area contributed by atoms with Gasteiger partial charge in [0.25, 0.3) is 0 Å². The van der Waals surface area contributed by atoms with E-state index in [1.54, 1.807) is 48.5 Å². The highest BCUT2D eigenvalue weighted by Gasteiger charge is 2.13. The van der Waals surface area contributed by atoms with Crippen molar-refractivity contribution in [2.24, 2.45) is 0 Å². The summed E-state index contributed by atoms with van der Waals surface area (Å²) in [6.07, 6.45) is 0. The number of rotatable bonds is 5. The first-order valence-corrected chi connectivity index (χ1v) is 7.85. The van der Waals surface area contributed by atoms with Gasteiger partial charge in [0, 0.05) is 27.7 Å². The van der Waals surface area contributed by atoms with Gasteiger partial charge in [-0.25, -0.2) is 0 Å². The van der Waals surface area contributed by atoms with Crippen molar-refractivity contribution in [2.45, 2.75) is 6.92 Å². The SMILES string of the molecule is Cc1ccc(N(CC(=O)Nc2cccc(Cl)c2)S(=O)[O-])cc1. The number of carbonyl (C=O) groups is 1. The van der Waals surface area contributed by atoms with Crippen LogP contribution in [0.15, 0.2) is 48.5 Å². The van der Waals surface area contributed by atoms with Crippen molar-refractivity contribution in [3.63, 3.8) is 0 Å². The summed E-state index contributed by atoms with van der Waals surface area (Å²) in [4.78, 5) is 12.0. The van der Waals surface area contributed by atoms with Gasteiger partial charge in [-0.05, 0) is 37.3 Å². The Labute approximate surface area is 136 Å². The number of carbonyl (C=O) groups excluding carboxylic acids is 1. The first kappa shape index (κ1) is 16.5. The van der Waals surface area contributed by atoms with Gasteiger partial charge in [0.1, 0.15) is 6.54 Å². The predicted molar refractivity (Wildman–Crippen MR) is 87.5 cm³/mol. The van der Waals surface area contributed by atoms with Gasteiger partial charge in [-0.2, -0.15) is 0 Å². The van der Waals surface area contributed by atoms with Gasteiger partial charge in [0.05, 0.1) is 0 Å². The smallest absolute Gasteiger partial charge is 0.245 e. The maximum Gasteiger partial charge on any atom is 0.245 e. The number of anilines is 2. The summed E-state index contributed by atoms with van der Waals surface area (Å²) in [6, 6.07) is 13.5. The second-order valence-electron chi connectivity index (χ2n) is 4.65. The van der Waals surface area contributed by atoms with Gasteiger partial charge < -0.3 is 9.87 Å². The lowest BCUT2D eigenvalue weighted by atomic mass is 10.2. The molecule has 0 aromatic heterocycles. The van der Waals surface area contributed by atoms with Crippen molar-refractivity contribution < 1.29 is 13.6 Å². The van der Waals surface area contributed by atoms with Crippen LogP contribution >= 0.6 is 11.6 Å². The van der Waals surface area contributed by atoms with Crippen LogP contribution in [0, 0.1) is 6.92 Å².